The molecule has 2 aromatic rings. The highest BCUT2D eigenvalue weighted by Crippen LogP contribution is 2.21. The summed E-state index contributed by atoms with van der Waals surface area (Å²) in [5.41, 5.74) is 2.26. The number of benzene rings is 1. The van der Waals surface area contributed by atoms with E-state index in [1.165, 1.54) is 12.1 Å². The number of hydrogen-bond donors (Lipinski definition) is 1. The van der Waals surface area contributed by atoms with Gasteiger partial charge in [-0.25, -0.2) is 0 Å². The van der Waals surface area contributed by atoms with Crippen LogP contribution in [0.1, 0.15) is 23.4 Å². The number of nitro benzene ring substituents is 1. The van der Waals surface area contributed by atoms with E-state index in [9.17, 15) is 14.9 Å². The Hall–Kier alpha value is -2.78. The summed E-state index contributed by atoms with van der Waals surface area (Å²) in [5.74, 6) is 0.736. The molecule has 1 fully saturated rings. The van der Waals surface area contributed by atoms with Gasteiger partial charge in [0.2, 0.25) is 5.91 Å². The van der Waals surface area contributed by atoms with Crippen LogP contribution in [-0.2, 0) is 11.3 Å². The zero-order valence-electron chi connectivity index (χ0n) is 16.2. The molecule has 28 heavy (non-hydrogen) atoms. The molecule has 1 aliphatic rings. The molecule has 1 aromatic carbocycles. The van der Waals surface area contributed by atoms with Crippen molar-refractivity contribution in [3.05, 3.63) is 51.4 Å². The first kappa shape index (κ1) is 20.0. The molecule has 9 nitrogen and oxygen atoms in total. The first-order valence-electron chi connectivity index (χ1n) is 9.32. The van der Waals surface area contributed by atoms with Crippen LogP contribution < -0.4 is 5.32 Å². The molecule has 1 N–H and O–H groups in total. The summed E-state index contributed by atoms with van der Waals surface area (Å²) in [6.45, 7) is 8.76. The van der Waals surface area contributed by atoms with Gasteiger partial charge in [0.15, 0.2) is 0 Å². The average molecular weight is 387 g/mol. The van der Waals surface area contributed by atoms with Crippen molar-refractivity contribution in [2.45, 2.75) is 26.8 Å². The van der Waals surface area contributed by atoms with Gasteiger partial charge in [0.25, 0.3) is 5.69 Å². The van der Waals surface area contributed by atoms with Gasteiger partial charge in [-0.3, -0.25) is 19.8 Å². The van der Waals surface area contributed by atoms with Gasteiger partial charge >= 0.3 is 0 Å². The normalized spacial score (nSPS) is 15.5. The minimum atomic E-state index is -0.442. The number of rotatable bonds is 7. The molecule has 3 rings (SSSR count). The third-order valence-electron chi connectivity index (χ3n) is 4.88. The second kappa shape index (κ2) is 8.94. The van der Waals surface area contributed by atoms with Crippen LogP contribution in [0.4, 0.5) is 11.4 Å². The summed E-state index contributed by atoms with van der Waals surface area (Å²) < 4.78 is 5.10. The third-order valence-corrected chi connectivity index (χ3v) is 4.88. The Morgan fingerprint density at radius 3 is 2.54 bits per heavy atom. The van der Waals surface area contributed by atoms with Crippen LogP contribution in [0.25, 0.3) is 0 Å². The molecular weight excluding hydrogens is 362 g/mol. The van der Waals surface area contributed by atoms with Crippen LogP contribution in [-0.4, -0.2) is 58.5 Å². The largest absolute Gasteiger partial charge is 0.361 e. The van der Waals surface area contributed by atoms with E-state index in [1.807, 2.05) is 13.0 Å². The lowest BCUT2D eigenvalue weighted by Crippen LogP contribution is -2.46. The molecule has 1 aliphatic heterocycles. The van der Waals surface area contributed by atoms with Gasteiger partial charge in [0.1, 0.15) is 5.76 Å². The van der Waals surface area contributed by atoms with E-state index in [2.05, 4.69) is 20.3 Å². The van der Waals surface area contributed by atoms with Crippen molar-refractivity contribution in [1.29, 1.82) is 0 Å². The SMILES string of the molecule is Cc1cc(CN2CCN(CCC(=O)Nc3ccc([N+](=O)[O-])cc3C)CC2)no1. The molecule has 0 atom stereocenters. The molecule has 1 amide bonds. The van der Waals surface area contributed by atoms with Gasteiger partial charge in [-0.1, -0.05) is 5.16 Å². The fourth-order valence-electron chi connectivity index (χ4n) is 3.27. The topological polar surface area (TPSA) is 105 Å². The minimum absolute atomic E-state index is 0.0224. The molecule has 1 saturated heterocycles. The Labute approximate surface area is 163 Å². The zero-order valence-corrected chi connectivity index (χ0v) is 16.2. The van der Waals surface area contributed by atoms with Gasteiger partial charge in [-0.15, -0.1) is 0 Å². The Balaban J connectivity index is 1.40. The highest BCUT2D eigenvalue weighted by molar-refractivity contribution is 5.91. The van der Waals surface area contributed by atoms with Gasteiger partial charge in [-0.05, 0) is 25.5 Å². The van der Waals surface area contributed by atoms with Crippen LogP contribution in [0.2, 0.25) is 0 Å². The lowest BCUT2D eigenvalue weighted by atomic mass is 10.1. The minimum Gasteiger partial charge on any atom is -0.361 e. The lowest BCUT2D eigenvalue weighted by molar-refractivity contribution is -0.384. The quantitative estimate of drug-likeness (QED) is 0.574. The van der Waals surface area contributed by atoms with Gasteiger partial charge in [0, 0.05) is 69.6 Å². The molecule has 0 spiro atoms. The fourth-order valence-corrected chi connectivity index (χ4v) is 3.27. The maximum absolute atomic E-state index is 12.2. The van der Waals surface area contributed by atoms with E-state index in [4.69, 9.17) is 4.52 Å². The maximum Gasteiger partial charge on any atom is 0.269 e. The van der Waals surface area contributed by atoms with E-state index in [1.54, 1.807) is 13.0 Å². The smallest absolute Gasteiger partial charge is 0.269 e. The number of nitrogens with zero attached hydrogens (tertiary/aromatic N) is 4. The number of carbonyl (C=O) groups is 1. The summed E-state index contributed by atoms with van der Waals surface area (Å²) in [7, 11) is 0. The molecule has 0 radical (unpaired) electrons. The first-order valence-corrected chi connectivity index (χ1v) is 9.32. The number of hydrogen-bond acceptors (Lipinski definition) is 7. The van der Waals surface area contributed by atoms with Crippen molar-refractivity contribution in [1.82, 2.24) is 15.0 Å². The van der Waals surface area contributed by atoms with Gasteiger partial charge in [0.05, 0.1) is 10.6 Å². The van der Waals surface area contributed by atoms with Crippen molar-refractivity contribution < 1.29 is 14.2 Å². The maximum atomic E-state index is 12.2. The first-order chi connectivity index (χ1) is 13.4. The van der Waals surface area contributed by atoms with Crippen LogP contribution in [0, 0.1) is 24.0 Å². The number of amides is 1. The van der Waals surface area contributed by atoms with Crippen LogP contribution >= 0.6 is 0 Å². The lowest BCUT2D eigenvalue weighted by Gasteiger charge is -2.34. The monoisotopic (exact) mass is 387 g/mol. The highest BCUT2D eigenvalue weighted by atomic mass is 16.6. The summed E-state index contributed by atoms with van der Waals surface area (Å²) in [6.07, 6.45) is 0.388. The van der Waals surface area contributed by atoms with E-state index in [0.717, 1.165) is 44.2 Å². The number of nitrogens with one attached hydrogen (secondary N) is 1. The third kappa shape index (κ3) is 5.37. The summed E-state index contributed by atoms with van der Waals surface area (Å²) in [5, 5.41) is 17.7. The molecule has 0 aliphatic carbocycles. The number of piperazine rings is 1. The van der Waals surface area contributed by atoms with E-state index >= 15 is 0 Å². The average Bonchev–Trinajstić information content (AvgIpc) is 3.07. The second-order valence-electron chi connectivity index (χ2n) is 7.10. The van der Waals surface area contributed by atoms with Crippen LogP contribution in [0.5, 0.6) is 0 Å². The predicted molar refractivity (Wildman–Crippen MR) is 104 cm³/mol. The molecule has 2 heterocycles. The predicted octanol–water partition coefficient (Wildman–Crippen LogP) is 2.35. The molecule has 9 heteroatoms. The molecular formula is C19H25N5O4. The molecule has 1 aromatic heterocycles. The van der Waals surface area contributed by atoms with E-state index in [-0.39, 0.29) is 11.6 Å². The highest BCUT2D eigenvalue weighted by Gasteiger charge is 2.19. The Morgan fingerprint density at radius 1 is 1.21 bits per heavy atom. The number of non-ortho nitro benzene ring substituents is 1. The number of carbonyl (C=O) groups excluding carboxylic acids is 1. The zero-order chi connectivity index (χ0) is 20.1. The van der Waals surface area contributed by atoms with Crippen molar-refractivity contribution in [3.8, 4) is 0 Å². The number of nitro groups is 1. The number of aromatic nitrogens is 1. The van der Waals surface area contributed by atoms with E-state index in [0.29, 0.717) is 24.2 Å². The van der Waals surface area contributed by atoms with Crippen LogP contribution in [0.15, 0.2) is 28.8 Å². The summed E-state index contributed by atoms with van der Waals surface area (Å²) in [4.78, 5) is 27.2. The summed E-state index contributed by atoms with van der Waals surface area (Å²) in [6, 6.07) is 6.40. The van der Waals surface area contributed by atoms with Crippen molar-refractivity contribution in [2.24, 2.45) is 0 Å². The van der Waals surface area contributed by atoms with Crippen molar-refractivity contribution in [3.63, 3.8) is 0 Å². The Bertz CT molecular complexity index is 843. The second-order valence-corrected chi connectivity index (χ2v) is 7.10. The Morgan fingerprint density at radius 2 is 1.93 bits per heavy atom. The summed E-state index contributed by atoms with van der Waals surface area (Å²) >= 11 is 0. The molecule has 0 unspecified atom stereocenters. The molecule has 0 saturated carbocycles. The van der Waals surface area contributed by atoms with Gasteiger partial charge in [-0.2, -0.15) is 0 Å². The van der Waals surface area contributed by atoms with E-state index < -0.39 is 4.92 Å². The van der Waals surface area contributed by atoms with Gasteiger partial charge < -0.3 is 14.7 Å². The van der Waals surface area contributed by atoms with Crippen LogP contribution in [0.3, 0.4) is 0 Å². The molecule has 150 valence electrons. The number of anilines is 1. The van der Waals surface area contributed by atoms with Crippen molar-refractivity contribution >= 4 is 17.3 Å². The standard InChI is InChI=1S/C19H25N5O4/c1-14-11-17(24(26)27)3-4-18(14)20-19(25)5-6-22-7-9-23(10-8-22)13-16-12-15(2)28-21-16/h3-4,11-12H,5-10,13H2,1-2H3,(H,20,25). The Kier molecular flexibility index (Phi) is 6.37. The number of aryl methyl sites for hydroxylation is 2. The van der Waals surface area contributed by atoms with Crippen molar-refractivity contribution in [2.75, 3.05) is 38.0 Å². The molecule has 0 bridgehead atoms. The fraction of sp³-hybridized carbons (Fsp3) is 0.474.